The maximum Gasteiger partial charge on any atom is 0.242 e. The fourth-order valence-electron chi connectivity index (χ4n) is 1.70. The van der Waals surface area contributed by atoms with Gasteiger partial charge in [-0.1, -0.05) is 36.5 Å². The third-order valence-electron chi connectivity index (χ3n) is 2.60. The van der Waals surface area contributed by atoms with Crippen LogP contribution in [0.4, 0.5) is 0 Å². The van der Waals surface area contributed by atoms with Gasteiger partial charge in [-0.25, -0.2) is 13.1 Å². The summed E-state index contributed by atoms with van der Waals surface area (Å²) in [6, 6.07) is 2.70. The molecule has 7 heteroatoms. The average molecular weight is 326 g/mol. The second kappa shape index (κ2) is 6.79. The van der Waals surface area contributed by atoms with E-state index in [1.54, 1.807) is 6.92 Å². The van der Waals surface area contributed by atoms with Crippen LogP contribution in [0, 0.1) is 0 Å². The fraction of sp³-hybridized carbons (Fsp3) is 0.500. The molecule has 0 saturated heterocycles. The van der Waals surface area contributed by atoms with Gasteiger partial charge in [-0.2, -0.15) is 0 Å². The summed E-state index contributed by atoms with van der Waals surface area (Å²) in [4.78, 5) is -0.0390. The molecule has 19 heavy (non-hydrogen) atoms. The van der Waals surface area contributed by atoms with Gasteiger partial charge in [0, 0.05) is 6.04 Å². The molecule has 0 radical (unpaired) electrons. The number of sulfonamides is 1. The maximum absolute atomic E-state index is 12.2. The molecule has 108 valence electrons. The van der Waals surface area contributed by atoms with E-state index in [1.165, 1.54) is 19.2 Å². The lowest BCUT2D eigenvalue weighted by Crippen LogP contribution is -2.32. The van der Waals surface area contributed by atoms with Crippen LogP contribution < -0.4 is 9.46 Å². The van der Waals surface area contributed by atoms with E-state index in [4.69, 9.17) is 27.9 Å². The van der Waals surface area contributed by atoms with Gasteiger partial charge in [-0.05, 0) is 25.5 Å². The van der Waals surface area contributed by atoms with Gasteiger partial charge in [0.15, 0.2) is 0 Å². The number of hydrogen-bond donors (Lipinski definition) is 1. The molecule has 0 aromatic heterocycles. The van der Waals surface area contributed by atoms with Crippen LogP contribution in [0.3, 0.4) is 0 Å². The first-order valence-electron chi connectivity index (χ1n) is 5.87. The molecular weight excluding hydrogens is 309 g/mol. The molecule has 0 aliphatic carbocycles. The Morgan fingerprint density at radius 2 is 1.95 bits per heavy atom. The van der Waals surface area contributed by atoms with Crippen molar-refractivity contribution >= 4 is 33.2 Å². The van der Waals surface area contributed by atoms with Gasteiger partial charge in [0.2, 0.25) is 10.0 Å². The van der Waals surface area contributed by atoms with Crippen LogP contribution in [-0.4, -0.2) is 21.6 Å². The molecule has 1 aromatic carbocycles. The third-order valence-corrected chi connectivity index (χ3v) is 5.21. The fourth-order valence-corrected chi connectivity index (χ4v) is 3.82. The zero-order chi connectivity index (χ0) is 14.6. The summed E-state index contributed by atoms with van der Waals surface area (Å²) in [5, 5.41) is 0.0624. The number of halogens is 2. The van der Waals surface area contributed by atoms with Crippen molar-refractivity contribution in [2.24, 2.45) is 0 Å². The Hall–Kier alpha value is -0.490. The van der Waals surface area contributed by atoms with Gasteiger partial charge < -0.3 is 4.74 Å². The summed E-state index contributed by atoms with van der Waals surface area (Å²) in [7, 11) is -2.24. The van der Waals surface area contributed by atoms with Crippen molar-refractivity contribution in [3.05, 3.63) is 22.2 Å². The number of benzene rings is 1. The zero-order valence-electron chi connectivity index (χ0n) is 11.0. The van der Waals surface area contributed by atoms with Gasteiger partial charge in [-0.3, -0.25) is 0 Å². The van der Waals surface area contributed by atoms with Crippen molar-refractivity contribution < 1.29 is 13.2 Å². The highest BCUT2D eigenvalue weighted by Gasteiger charge is 2.23. The van der Waals surface area contributed by atoms with Crippen LogP contribution >= 0.6 is 23.2 Å². The molecule has 0 aliphatic heterocycles. The molecule has 0 amide bonds. The summed E-state index contributed by atoms with van der Waals surface area (Å²) in [5.74, 6) is 0.340. The SMILES string of the molecule is CCCC(C)NS(=O)(=O)c1ccc(OC)c(Cl)c1Cl. The van der Waals surface area contributed by atoms with Crippen molar-refractivity contribution in [2.75, 3.05) is 7.11 Å². The number of nitrogens with one attached hydrogen (secondary N) is 1. The first kappa shape index (κ1) is 16.6. The molecule has 0 spiro atoms. The van der Waals surface area contributed by atoms with Gasteiger partial charge in [0.25, 0.3) is 0 Å². The van der Waals surface area contributed by atoms with Gasteiger partial charge in [0.05, 0.1) is 12.1 Å². The van der Waals surface area contributed by atoms with Gasteiger partial charge >= 0.3 is 0 Å². The molecule has 1 rings (SSSR count). The first-order chi connectivity index (χ1) is 8.83. The molecule has 0 bridgehead atoms. The minimum atomic E-state index is -3.68. The van der Waals surface area contributed by atoms with Crippen molar-refractivity contribution in [1.29, 1.82) is 0 Å². The highest BCUT2D eigenvalue weighted by Crippen LogP contribution is 2.36. The van der Waals surface area contributed by atoms with E-state index in [1.807, 2.05) is 6.92 Å². The number of hydrogen-bond acceptors (Lipinski definition) is 3. The average Bonchev–Trinajstić information content (AvgIpc) is 2.31. The predicted octanol–water partition coefficient (Wildman–Crippen LogP) is 3.47. The molecule has 0 fully saturated rings. The Morgan fingerprint density at radius 1 is 1.32 bits per heavy atom. The summed E-state index contributed by atoms with van der Waals surface area (Å²) < 4.78 is 31.9. The summed E-state index contributed by atoms with van der Waals surface area (Å²) >= 11 is 11.9. The van der Waals surface area contributed by atoms with E-state index in [-0.39, 0.29) is 21.0 Å². The van der Waals surface area contributed by atoms with E-state index >= 15 is 0 Å². The van der Waals surface area contributed by atoms with E-state index in [0.717, 1.165) is 12.8 Å². The summed E-state index contributed by atoms with van der Waals surface area (Å²) in [6.07, 6.45) is 1.64. The lowest BCUT2D eigenvalue weighted by atomic mass is 10.2. The molecule has 4 nitrogen and oxygen atoms in total. The van der Waals surface area contributed by atoms with E-state index in [2.05, 4.69) is 4.72 Å². The number of rotatable bonds is 6. The van der Waals surface area contributed by atoms with E-state index in [9.17, 15) is 8.42 Å². The second-order valence-corrected chi connectivity index (χ2v) is 6.64. The van der Waals surface area contributed by atoms with Gasteiger partial charge in [0.1, 0.15) is 15.7 Å². The van der Waals surface area contributed by atoms with Gasteiger partial charge in [-0.15, -0.1) is 0 Å². The quantitative estimate of drug-likeness (QED) is 0.871. The highest BCUT2D eigenvalue weighted by molar-refractivity contribution is 7.89. The van der Waals surface area contributed by atoms with Crippen molar-refractivity contribution in [1.82, 2.24) is 4.72 Å². The monoisotopic (exact) mass is 325 g/mol. The lowest BCUT2D eigenvalue weighted by molar-refractivity contribution is 0.414. The Labute approximate surface area is 124 Å². The van der Waals surface area contributed by atoms with E-state index in [0.29, 0.717) is 5.75 Å². The highest BCUT2D eigenvalue weighted by atomic mass is 35.5. The molecule has 1 unspecified atom stereocenters. The number of ether oxygens (including phenoxy) is 1. The van der Waals surface area contributed by atoms with Crippen LogP contribution in [0.2, 0.25) is 10.0 Å². The minimum Gasteiger partial charge on any atom is -0.495 e. The van der Waals surface area contributed by atoms with Crippen LogP contribution in [0.25, 0.3) is 0 Å². The van der Waals surface area contributed by atoms with Crippen LogP contribution in [0.5, 0.6) is 5.75 Å². The van der Waals surface area contributed by atoms with Crippen LogP contribution in [0.1, 0.15) is 26.7 Å². The normalized spacial score (nSPS) is 13.3. The van der Waals surface area contributed by atoms with Crippen LogP contribution in [0.15, 0.2) is 17.0 Å². The molecular formula is C12H17Cl2NO3S. The lowest BCUT2D eigenvalue weighted by Gasteiger charge is -2.15. The molecule has 1 aromatic rings. The molecule has 0 saturated carbocycles. The Bertz CT molecular complexity index is 546. The minimum absolute atomic E-state index is 0.0304. The van der Waals surface area contributed by atoms with Crippen molar-refractivity contribution in [3.63, 3.8) is 0 Å². The first-order valence-corrected chi connectivity index (χ1v) is 8.11. The maximum atomic E-state index is 12.2. The Morgan fingerprint density at radius 3 is 2.47 bits per heavy atom. The van der Waals surface area contributed by atoms with Crippen LogP contribution in [-0.2, 0) is 10.0 Å². The predicted molar refractivity (Wildman–Crippen MR) is 77.7 cm³/mol. The zero-order valence-corrected chi connectivity index (χ0v) is 13.4. The molecule has 0 heterocycles. The summed E-state index contributed by atoms with van der Waals surface area (Å²) in [6.45, 7) is 3.79. The topological polar surface area (TPSA) is 55.4 Å². The summed E-state index contributed by atoms with van der Waals surface area (Å²) in [5.41, 5.74) is 0. The smallest absolute Gasteiger partial charge is 0.242 e. The van der Waals surface area contributed by atoms with Crippen molar-refractivity contribution in [3.8, 4) is 5.75 Å². The number of methoxy groups -OCH3 is 1. The largest absolute Gasteiger partial charge is 0.495 e. The Balaban J connectivity index is 3.12. The third kappa shape index (κ3) is 3.99. The Kier molecular flexibility index (Phi) is 5.92. The van der Waals surface area contributed by atoms with E-state index < -0.39 is 10.0 Å². The molecule has 1 atom stereocenters. The second-order valence-electron chi connectivity index (χ2n) is 4.20. The molecule has 1 N–H and O–H groups in total. The standard InChI is InChI=1S/C12H17Cl2NO3S/c1-4-5-8(2)15-19(16,17)10-7-6-9(18-3)11(13)12(10)14/h6-8,15H,4-5H2,1-3H3. The molecule has 0 aliphatic rings. The van der Waals surface area contributed by atoms with Crippen molar-refractivity contribution in [2.45, 2.75) is 37.6 Å².